The lowest BCUT2D eigenvalue weighted by molar-refractivity contribution is 0.0966. The van der Waals surface area contributed by atoms with Crippen LogP contribution in [0.5, 0.6) is 5.75 Å². The van der Waals surface area contributed by atoms with Crippen LogP contribution in [0.25, 0.3) is 32.9 Å². The molecule has 0 saturated carbocycles. The number of aliphatic hydroxyl groups excluding tert-OH is 1. The van der Waals surface area contributed by atoms with Crippen molar-refractivity contribution >= 4 is 27.7 Å². The molecule has 1 amide bonds. The molecular weight excluding hydrogens is 462 g/mol. The fourth-order valence-electron chi connectivity index (χ4n) is 6.25. The lowest BCUT2D eigenvalue weighted by atomic mass is 9.80. The summed E-state index contributed by atoms with van der Waals surface area (Å²) < 4.78 is 8.31. The average Bonchev–Trinajstić information content (AvgIpc) is 3.46. The van der Waals surface area contributed by atoms with E-state index in [2.05, 4.69) is 40.2 Å². The number of hydrogen-bond acceptors (Lipinski definition) is 4. The molecule has 4 aromatic rings. The van der Waals surface area contributed by atoms with Gasteiger partial charge in [-0.1, -0.05) is 37.1 Å². The lowest BCUT2D eigenvalue weighted by Crippen LogP contribution is -2.16. The van der Waals surface area contributed by atoms with Gasteiger partial charge in [0.05, 0.1) is 30.4 Å². The normalized spacial score (nSPS) is 13.8. The van der Waals surface area contributed by atoms with Crippen molar-refractivity contribution in [3.8, 4) is 22.9 Å². The van der Waals surface area contributed by atoms with E-state index in [0.717, 1.165) is 88.3 Å². The fourth-order valence-corrected chi connectivity index (χ4v) is 6.25. The molecule has 0 saturated heterocycles. The molecule has 0 bridgehead atoms. The molecule has 2 aliphatic rings. The molecule has 1 aliphatic heterocycles. The third-order valence-electron chi connectivity index (χ3n) is 7.83. The number of aromatic nitrogens is 1. The highest BCUT2D eigenvalue weighted by molar-refractivity contribution is 6.19. The third kappa shape index (κ3) is 3.95. The zero-order chi connectivity index (χ0) is 25.4. The van der Waals surface area contributed by atoms with E-state index in [9.17, 15) is 9.90 Å². The van der Waals surface area contributed by atoms with Gasteiger partial charge in [-0.25, -0.2) is 0 Å². The Kier molecular flexibility index (Phi) is 6.31. The van der Waals surface area contributed by atoms with Gasteiger partial charge in [-0.15, -0.1) is 0 Å². The number of nitriles is 1. The summed E-state index contributed by atoms with van der Waals surface area (Å²) in [6, 6.07) is 16.8. The number of aliphatic hydroxyl groups is 1. The second-order valence-corrected chi connectivity index (χ2v) is 10.00. The minimum atomic E-state index is -0.00304. The number of nitrogens with zero attached hydrogens (tertiary/aromatic N) is 2. The van der Waals surface area contributed by atoms with E-state index < -0.39 is 0 Å². The fraction of sp³-hybridized carbons (Fsp3) is 0.355. The van der Waals surface area contributed by atoms with E-state index in [1.54, 1.807) is 0 Å². The van der Waals surface area contributed by atoms with Gasteiger partial charge in [-0.3, -0.25) is 4.79 Å². The molecule has 2 N–H and O–H groups in total. The molecule has 0 fully saturated rings. The number of unbranched alkanes of at least 4 members (excludes halogenated alkanes) is 4. The number of aryl methyl sites for hydroxylation is 2. The molecule has 1 aromatic heterocycles. The summed E-state index contributed by atoms with van der Waals surface area (Å²) in [7, 11) is 0. The van der Waals surface area contributed by atoms with Crippen LogP contribution >= 0.6 is 0 Å². The molecule has 0 spiro atoms. The van der Waals surface area contributed by atoms with Gasteiger partial charge in [-0.05, 0) is 66.1 Å². The molecule has 3 aromatic carbocycles. The lowest BCUT2D eigenvalue weighted by Gasteiger charge is -2.25. The van der Waals surface area contributed by atoms with Crippen LogP contribution < -0.4 is 10.1 Å². The molecule has 0 radical (unpaired) electrons. The van der Waals surface area contributed by atoms with Crippen LogP contribution in [0, 0.1) is 11.3 Å². The van der Waals surface area contributed by atoms with Crippen LogP contribution in [0.1, 0.15) is 59.2 Å². The number of para-hydroxylation sites is 1. The molecule has 188 valence electrons. The Labute approximate surface area is 216 Å². The summed E-state index contributed by atoms with van der Waals surface area (Å²) in [5, 5.41) is 23.9. The Bertz CT molecular complexity index is 1560. The van der Waals surface area contributed by atoms with Crippen LogP contribution in [0.2, 0.25) is 0 Å². The standard InChI is InChI=1S/C31H31N3O3/c32-14-6-2-1-3-7-17-37-21-11-13-22-20(18-21)10-12-24-27(22)29-25(19-33-31(29)36)28-23-8-4-5-9-26(23)34(15-16-35)30(24)28/h4-5,8-9,11,13,18,35H,1-3,6-7,10,12,15-17,19H2,(H,33,36). The van der Waals surface area contributed by atoms with Crippen molar-refractivity contribution in [3.05, 3.63) is 64.7 Å². The van der Waals surface area contributed by atoms with E-state index in [1.807, 2.05) is 18.2 Å². The zero-order valence-corrected chi connectivity index (χ0v) is 21.0. The summed E-state index contributed by atoms with van der Waals surface area (Å²) in [6.07, 6.45) is 6.41. The Morgan fingerprint density at radius 3 is 2.76 bits per heavy atom. The van der Waals surface area contributed by atoms with Gasteiger partial charge < -0.3 is 19.7 Å². The summed E-state index contributed by atoms with van der Waals surface area (Å²) >= 11 is 0. The van der Waals surface area contributed by atoms with Gasteiger partial charge in [0.15, 0.2) is 0 Å². The Morgan fingerprint density at radius 2 is 1.89 bits per heavy atom. The van der Waals surface area contributed by atoms with Crippen molar-refractivity contribution in [1.29, 1.82) is 5.26 Å². The van der Waals surface area contributed by atoms with Gasteiger partial charge in [0, 0.05) is 41.4 Å². The SMILES string of the molecule is N#CCCCCCCOc1ccc2c(c1)CCc1c-2c2c(c3c4ccccc4n(CCO)c13)CNC2=O. The van der Waals surface area contributed by atoms with Crippen LogP contribution in [0.4, 0.5) is 0 Å². The molecule has 2 heterocycles. The first-order valence-corrected chi connectivity index (χ1v) is 13.3. The molecule has 0 atom stereocenters. The first-order valence-electron chi connectivity index (χ1n) is 13.3. The van der Waals surface area contributed by atoms with E-state index in [-0.39, 0.29) is 12.5 Å². The predicted molar refractivity (Wildman–Crippen MR) is 145 cm³/mol. The van der Waals surface area contributed by atoms with Gasteiger partial charge >= 0.3 is 0 Å². The predicted octanol–water partition coefficient (Wildman–Crippen LogP) is 5.65. The second kappa shape index (κ2) is 9.91. The number of fused-ring (bicyclic) bond motifs is 10. The Balaban J connectivity index is 1.41. The van der Waals surface area contributed by atoms with Crippen molar-refractivity contribution in [2.75, 3.05) is 13.2 Å². The van der Waals surface area contributed by atoms with Crippen LogP contribution in [-0.2, 0) is 25.9 Å². The van der Waals surface area contributed by atoms with Crippen molar-refractivity contribution in [1.82, 2.24) is 9.88 Å². The number of benzene rings is 3. The number of carbonyl (C=O) groups excluding carboxylic acids is 1. The molecule has 6 nitrogen and oxygen atoms in total. The molecule has 6 heteroatoms. The van der Waals surface area contributed by atoms with Gasteiger partial charge in [0.2, 0.25) is 0 Å². The highest BCUT2D eigenvalue weighted by atomic mass is 16.5. The zero-order valence-electron chi connectivity index (χ0n) is 21.0. The van der Waals surface area contributed by atoms with E-state index in [0.29, 0.717) is 26.1 Å². The smallest absolute Gasteiger partial charge is 0.252 e. The minimum Gasteiger partial charge on any atom is -0.494 e. The third-order valence-corrected chi connectivity index (χ3v) is 7.83. The number of amides is 1. The maximum absolute atomic E-state index is 13.2. The number of hydrogen-bond donors (Lipinski definition) is 2. The highest BCUT2D eigenvalue weighted by Gasteiger charge is 2.34. The molecule has 6 rings (SSSR count). The molecule has 37 heavy (non-hydrogen) atoms. The quantitative estimate of drug-likeness (QED) is 0.295. The first kappa shape index (κ1) is 23.6. The number of carbonyl (C=O) groups is 1. The maximum atomic E-state index is 13.2. The largest absolute Gasteiger partial charge is 0.494 e. The van der Waals surface area contributed by atoms with Crippen LogP contribution in [0.15, 0.2) is 42.5 Å². The minimum absolute atomic E-state index is 0.00304. The van der Waals surface area contributed by atoms with E-state index in [4.69, 9.17) is 10.00 Å². The van der Waals surface area contributed by atoms with Crippen LogP contribution in [0.3, 0.4) is 0 Å². The van der Waals surface area contributed by atoms with Gasteiger partial charge in [0.1, 0.15) is 5.75 Å². The number of nitrogens with one attached hydrogen (secondary N) is 1. The van der Waals surface area contributed by atoms with Crippen LogP contribution in [-0.4, -0.2) is 28.8 Å². The average molecular weight is 494 g/mol. The van der Waals surface area contributed by atoms with Crippen molar-refractivity contribution in [2.24, 2.45) is 0 Å². The van der Waals surface area contributed by atoms with E-state index in [1.165, 1.54) is 11.1 Å². The first-order chi connectivity index (χ1) is 18.2. The topological polar surface area (TPSA) is 87.3 Å². The van der Waals surface area contributed by atoms with E-state index >= 15 is 0 Å². The highest BCUT2D eigenvalue weighted by Crippen LogP contribution is 2.47. The Hall–Kier alpha value is -3.82. The molecule has 0 unspecified atom stereocenters. The molecule has 1 aliphatic carbocycles. The molecular formula is C31H31N3O3. The second-order valence-electron chi connectivity index (χ2n) is 10.00. The van der Waals surface area contributed by atoms with Crippen molar-refractivity contribution in [2.45, 2.75) is 58.0 Å². The monoisotopic (exact) mass is 493 g/mol. The number of ether oxygens (including phenoxy) is 1. The summed E-state index contributed by atoms with van der Waals surface area (Å²) in [5.74, 6) is 0.868. The summed E-state index contributed by atoms with van der Waals surface area (Å²) in [5.41, 5.74) is 8.70. The number of rotatable bonds is 9. The van der Waals surface area contributed by atoms with Gasteiger partial charge in [0.25, 0.3) is 5.91 Å². The van der Waals surface area contributed by atoms with Crippen molar-refractivity contribution < 1.29 is 14.6 Å². The summed E-state index contributed by atoms with van der Waals surface area (Å²) in [4.78, 5) is 13.2. The van der Waals surface area contributed by atoms with Crippen molar-refractivity contribution in [3.63, 3.8) is 0 Å². The van der Waals surface area contributed by atoms with Gasteiger partial charge in [-0.2, -0.15) is 5.26 Å². The maximum Gasteiger partial charge on any atom is 0.252 e. The Morgan fingerprint density at radius 1 is 1.03 bits per heavy atom. The summed E-state index contributed by atoms with van der Waals surface area (Å²) in [6.45, 7) is 1.77.